The third-order valence-electron chi connectivity index (χ3n) is 1.87. The first-order valence-corrected chi connectivity index (χ1v) is 4.07. The Balaban J connectivity index is 4.13. The van der Waals surface area contributed by atoms with Gasteiger partial charge in [-0.3, -0.25) is 0 Å². The summed E-state index contributed by atoms with van der Waals surface area (Å²) in [6, 6.07) is 0. The van der Waals surface area contributed by atoms with Gasteiger partial charge < -0.3 is 0 Å². The molecule has 0 N–H and O–H groups in total. The van der Waals surface area contributed by atoms with E-state index in [1.165, 1.54) is 0 Å². The van der Waals surface area contributed by atoms with Gasteiger partial charge in [0.25, 0.3) is 0 Å². The van der Waals surface area contributed by atoms with Gasteiger partial charge in [0.1, 0.15) is 0 Å². The van der Waals surface area contributed by atoms with Crippen molar-refractivity contribution >= 4 is 0 Å². The molecule has 2 atom stereocenters. The van der Waals surface area contributed by atoms with Gasteiger partial charge in [0, 0.05) is 0 Å². The van der Waals surface area contributed by atoms with E-state index >= 15 is 0 Å². The molecule has 0 aromatic carbocycles. The number of rotatable bonds is 4. The highest BCUT2D eigenvalue weighted by atomic mass is 19.4. The Kier molecular flexibility index (Phi) is 5.10. The molecule has 0 rings (SSSR count). The lowest BCUT2D eigenvalue weighted by Crippen LogP contribution is -2.21. The molecule has 2 unspecified atom stereocenters. The molecule has 0 heterocycles. The first kappa shape index (κ1) is 14.2. The number of hydrogen-bond acceptors (Lipinski definition) is 0. The summed E-state index contributed by atoms with van der Waals surface area (Å²) in [6.07, 6.45) is -11.7. The summed E-state index contributed by atoms with van der Waals surface area (Å²) in [6.45, 7) is 0.778. The Morgan fingerprint density at radius 1 is 1.07 bits per heavy atom. The van der Waals surface area contributed by atoms with E-state index in [9.17, 15) is 30.7 Å². The normalized spacial score (nSPS) is 16.0. The predicted octanol–water partition coefficient (Wildman–Crippen LogP) is 4.38. The maximum Gasteiger partial charge on any atom is 0.391 e. The topological polar surface area (TPSA) is 0 Å². The van der Waals surface area contributed by atoms with E-state index in [1.807, 2.05) is 0 Å². The molecule has 0 aliphatic rings. The number of hydrogen-bond donors (Lipinski definition) is 0. The Bertz CT molecular complexity index is 226. The zero-order chi connectivity index (χ0) is 12.2. The van der Waals surface area contributed by atoms with Gasteiger partial charge in [-0.2, -0.15) is 22.0 Å². The molecule has 0 fully saturated rings. The van der Waals surface area contributed by atoms with Gasteiger partial charge in [0.15, 0.2) is 12.0 Å². The third-order valence-corrected chi connectivity index (χ3v) is 1.87. The second-order valence-corrected chi connectivity index (χ2v) is 3.10. The van der Waals surface area contributed by atoms with Gasteiger partial charge in [0.2, 0.25) is 0 Å². The summed E-state index contributed by atoms with van der Waals surface area (Å²) in [7, 11) is 0. The Morgan fingerprint density at radius 2 is 1.53 bits per heavy atom. The molecular weight excluding hydrogens is 229 g/mol. The van der Waals surface area contributed by atoms with Crippen molar-refractivity contribution in [2.24, 2.45) is 5.92 Å². The molecule has 0 amide bonds. The highest BCUT2D eigenvalue weighted by molar-refractivity contribution is 4.98. The monoisotopic (exact) mass is 238 g/mol. The maximum atomic E-state index is 12.5. The molecule has 0 radical (unpaired) electrons. The van der Waals surface area contributed by atoms with E-state index in [-0.39, 0.29) is 0 Å². The number of alkyl halides is 4. The molecule has 0 saturated carbocycles. The van der Waals surface area contributed by atoms with E-state index in [1.54, 1.807) is 0 Å². The minimum Gasteiger partial charge on any atom is -0.240 e. The molecule has 0 aromatic rings. The summed E-state index contributed by atoms with van der Waals surface area (Å²) in [5.74, 6) is -4.13. The van der Waals surface area contributed by atoms with Crippen LogP contribution in [0.25, 0.3) is 0 Å². The van der Waals surface area contributed by atoms with Crippen molar-refractivity contribution in [2.75, 3.05) is 0 Å². The van der Waals surface area contributed by atoms with Gasteiger partial charge in [0.05, 0.1) is 5.92 Å². The second-order valence-electron chi connectivity index (χ2n) is 3.10. The maximum absolute atomic E-state index is 12.5. The quantitative estimate of drug-likeness (QED) is 0.637. The van der Waals surface area contributed by atoms with Gasteiger partial charge >= 0.3 is 12.3 Å². The minimum atomic E-state index is -4.52. The van der Waals surface area contributed by atoms with Crippen molar-refractivity contribution in [2.45, 2.75) is 32.1 Å². The summed E-state index contributed by atoms with van der Waals surface area (Å²) in [4.78, 5) is 0. The van der Waals surface area contributed by atoms with E-state index in [0.29, 0.717) is 0 Å². The largest absolute Gasteiger partial charge is 0.391 e. The SMILES string of the molecule is CC(CCC(F)C(F)=C(F)F)C(F)(F)F. The summed E-state index contributed by atoms with van der Waals surface area (Å²) >= 11 is 0. The van der Waals surface area contributed by atoms with Crippen LogP contribution < -0.4 is 0 Å². The van der Waals surface area contributed by atoms with Gasteiger partial charge in [-0.25, -0.2) is 8.78 Å². The van der Waals surface area contributed by atoms with E-state index in [4.69, 9.17) is 0 Å². The van der Waals surface area contributed by atoms with E-state index in [2.05, 4.69) is 0 Å². The van der Waals surface area contributed by atoms with Crippen LogP contribution in [0.1, 0.15) is 19.8 Å². The minimum absolute atomic E-state index is 0.731. The van der Waals surface area contributed by atoms with Crippen LogP contribution in [0.5, 0.6) is 0 Å². The lowest BCUT2D eigenvalue weighted by molar-refractivity contribution is -0.171. The third kappa shape index (κ3) is 5.03. The smallest absolute Gasteiger partial charge is 0.240 e. The van der Waals surface area contributed by atoms with Crippen LogP contribution in [-0.4, -0.2) is 12.3 Å². The molecular formula is C8H9F7. The average molecular weight is 238 g/mol. The summed E-state index contributed by atoms with van der Waals surface area (Å²) in [5, 5.41) is 0. The first-order chi connectivity index (χ1) is 6.66. The Morgan fingerprint density at radius 3 is 1.87 bits per heavy atom. The molecule has 0 nitrogen and oxygen atoms in total. The lowest BCUT2D eigenvalue weighted by atomic mass is 10.0. The van der Waals surface area contributed by atoms with Crippen LogP contribution >= 0.6 is 0 Å². The van der Waals surface area contributed by atoms with E-state index in [0.717, 1.165) is 6.92 Å². The molecule has 0 spiro atoms. The fourth-order valence-electron chi connectivity index (χ4n) is 0.805. The van der Waals surface area contributed by atoms with E-state index < -0.39 is 43.0 Å². The summed E-state index contributed by atoms with van der Waals surface area (Å²) < 4.78 is 83.3. The highest BCUT2D eigenvalue weighted by Gasteiger charge is 2.36. The molecule has 0 aliphatic carbocycles. The zero-order valence-corrected chi connectivity index (χ0v) is 7.71. The van der Waals surface area contributed by atoms with Crippen molar-refractivity contribution in [3.05, 3.63) is 11.9 Å². The summed E-state index contributed by atoms with van der Waals surface area (Å²) in [5.41, 5.74) is 0. The van der Waals surface area contributed by atoms with Gasteiger partial charge in [-0.05, 0) is 12.8 Å². The van der Waals surface area contributed by atoms with Crippen LogP contribution in [0.4, 0.5) is 30.7 Å². The lowest BCUT2D eigenvalue weighted by Gasteiger charge is -2.15. The van der Waals surface area contributed by atoms with Crippen LogP contribution in [0.15, 0.2) is 11.9 Å². The fraction of sp³-hybridized carbons (Fsp3) is 0.750. The number of halogens is 7. The van der Waals surface area contributed by atoms with Crippen molar-refractivity contribution < 1.29 is 30.7 Å². The van der Waals surface area contributed by atoms with Crippen molar-refractivity contribution in [1.82, 2.24) is 0 Å². The average Bonchev–Trinajstić information content (AvgIpc) is 2.10. The molecule has 0 bridgehead atoms. The molecule has 7 heteroatoms. The van der Waals surface area contributed by atoms with Crippen LogP contribution in [0.2, 0.25) is 0 Å². The van der Waals surface area contributed by atoms with Crippen LogP contribution in [-0.2, 0) is 0 Å². The Hall–Kier alpha value is -0.750. The molecule has 0 aromatic heterocycles. The van der Waals surface area contributed by atoms with Crippen molar-refractivity contribution in [3.63, 3.8) is 0 Å². The standard InChI is InChI=1S/C8H9F7/c1-4(8(13,14)15)2-3-5(9)6(10)7(11)12/h4-5H,2-3H2,1H3. The number of allylic oxidation sites excluding steroid dienone is 1. The molecule has 0 saturated heterocycles. The molecule has 0 aliphatic heterocycles. The fourth-order valence-corrected chi connectivity index (χ4v) is 0.805. The molecule has 15 heavy (non-hydrogen) atoms. The van der Waals surface area contributed by atoms with Gasteiger partial charge in [-0.15, -0.1) is 0 Å². The molecule has 90 valence electrons. The van der Waals surface area contributed by atoms with Gasteiger partial charge in [-0.1, -0.05) is 6.92 Å². The first-order valence-electron chi connectivity index (χ1n) is 4.07. The predicted molar refractivity (Wildman–Crippen MR) is 39.7 cm³/mol. The Labute approximate surface area is 81.8 Å². The van der Waals surface area contributed by atoms with Crippen LogP contribution in [0, 0.1) is 5.92 Å². The van der Waals surface area contributed by atoms with Crippen molar-refractivity contribution in [3.8, 4) is 0 Å². The zero-order valence-electron chi connectivity index (χ0n) is 7.71. The van der Waals surface area contributed by atoms with Crippen molar-refractivity contribution in [1.29, 1.82) is 0 Å². The van der Waals surface area contributed by atoms with Crippen LogP contribution in [0.3, 0.4) is 0 Å². The highest BCUT2D eigenvalue weighted by Crippen LogP contribution is 2.31. The second kappa shape index (κ2) is 5.37.